The summed E-state index contributed by atoms with van der Waals surface area (Å²) >= 11 is 3.34. The summed E-state index contributed by atoms with van der Waals surface area (Å²) < 4.78 is 4.45. The Hall–Kier alpha value is -3.22. The van der Waals surface area contributed by atoms with Crippen LogP contribution in [-0.2, 0) is 6.42 Å². The third kappa shape index (κ3) is 3.10. The summed E-state index contributed by atoms with van der Waals surface area (Å²) in [7, 11) is 0. The lowest BCUT2D eigenvalue weighted by Gasteiger charge is -2.08. The molecule has 0 atom stereocenters. The van der Waals surface area contributed by atoms with Gasteiger partial charge in [-0.15, -0.1) is 22.7 Å². The molecule has 4 aromatic heterocycles. The second kappa shape index (κ2) is 7.18. The number of thiazole rings is 2. The Kier molecular flexibility index (Phi) is 4.30. The molecule has 0 saturated carbocycles. The van der Waals surface area contributed by atoms with Gasteiger partial charge in [0.15, 0.2) is 9.92 Å². The number of benzene rings is 2. The molecule has 0 fully saturated rings. The van der Waals surface area contributed by atoms with Crippen molar-refractivity contribution in [3.63, 3.8) is 0 Å². The molecule has 0 saturated heterocycles. The monoisotopic (exact) mass is 440 g/mol. The Labute approximate surface area is 188 Å². The lowest BCUT2D eigenvalue weighted by Crippen LogP contribution is -2.00. The van der Waals surface area contributed by atoms with Gasteiger partial charge < -0.3 is 0 Å². The fourth-order valence-electron chi connectivity index (χ4n) is 4.05. The van der Waals surface area contributed by atoms with E-state index in [4.69, 9.17) is 9.97 Å². The maximum Gasteiger partial charge on any atom is 0.194 e. The molecule has 152 valence electrons. The third-order valence-electron chi connectivity index (χ3n) is 5.71. The second-order valence-corrected chi connectivity index (χ2v) is 9.58. The van der Waals surface area contributed by atoms with Crippen molar-refractivity contribution in [3.8, 4) is 22.5 Å². The number of nitrogens with zero attached hydrogens (tertiary/aromatic N) is 4. The molecule has 31 heavy (non-hydrogen) atoms. The molecular weight excluding hydrogens is 420 g/mol. The predicted molar refractivity (Wildman–Crippen MR) is 129 cm³/mol. The number of hydrogen-bond acceptors (Lipinski definition) is 4. The Morgan fingerprint density at radius 1 is 0.645 bits per heavy atom. The van der Waals surface area contributed by atoms with Gasteiger partial charge in [-0.25, -0.2) is 9.97 Å². The van der Waals surface area contributed by atoms with Crippen LogP contribution in [0.25, 0.3) is 32.4 Å². The van der Waals surface area contributed by atoms with E-state index in [0.717, 1.165) is 38.9 Å². The molecule has 0 bridgehead atoms. The molecule has 0 radical (unpaired) electrons. The normalized spacial score (nSPS) is 11.7. The summed E-state index contributed by atoms with van der Waals surface area (Å²) in [6, 6.07) is 17.3. The Balaban J connectivity index is 1.55. The molecule has 0 spiro atoms. The van der Waals surface area contributed by atoms with Crippen LogP contribution < -0.4 is 0 Å². The number of fused-ring (bicyclic) bond motifs is 2. The van der Waals surface area contributed by atoms with Crippen LogP contribution in [0.15, 0.2) is 71.7 Å². The Morgan fingerprint density at radius 2 is 1.06 bits per heavy atom. The Bertz CT molecular complexity index is 1400. The van der Waals surface area contributed by atoms with Gasteiger partial charge in [0.1, 0.15) is 0 Å². The van der Waals surface area contributed by atoms with Crippen LogP contribution in [0.3, 0.4) is 0 Å². The van der Waals surface area contributed by atoms with E-state index in [2.05, 4.69) is 94.3 Å². The van der Waals surface area contributed by atoms with Gasteiger partial charge in [0.25, 0.3) is 0 Å². The fraction of sp³-hybridized carbons (Fsp3) is 0.120. The third-order valence-corrected chi connectivity index (χ3v) is 7.22. The van der Waals surface area contributed by atoms with Gasteiger partial charge in [-0.05, 0) is 13.8 Å². The van der Waals surface area contributed by atoms with Crippen LogP contribution in [0.2, 0.25) is 0 Å². The van der Waals surface area contributed by atoms with Crippen LogP contribution in [-0.4, -0.2) is 18.8 Å². The zero-order chi connectivity index (χ0) is 20.9. The molecule has 4 nitrogen and oxygen atoms in total. The molecule has 0 aliphatic rings. The highest BCUT2D eigenvalue weighted by molar-refractivity contribution is 7.15. The van der Waals surface area contributed by atoms with E-state index >= 15 is 0 Å². The van der Waals surface area contributed by atoms with Gasteiger partial charge in [-0.3, -0.25) is 8.80 Å². The van der Waals surface area contributed by atoms with E-state index < -0.39 is 0 Å². The first kappa shape index (κ1) is 18.5. The zero-order valence-corrected chi connectivity index (χ0v) is 18.9. The average Bonchev–Trinajstić information content (AvgIpc) is 3.53. The quantitative estimate of drug-likeness (QED) is 0.308. The summed E-state index contributed by atoms with van der Waals surface area (Å²) in [5.74, 6) is 0. The van der Waals surface area contributed by atoms with E-state index in [-0.39, 0.29) is 0 Å². The molecule has 4 heterocycles. The molecule has 0 unspecified atom stereocenters. The number of aromatic nitrogens is 4. The van der Waals surface area contributed by atoms with Gasteiger partial charge in [0.05, 0.1) is 22.8 Å². The number of aryl methyl sites for hydroxylation is 2. The summed E-state index contributed by atoms with van der Waals surface area (Å²) in [6.45, 7) is 4.23. The summed E-state index contributed by atoms with van der Waals surface area (Å²) in [5, 5.41) is 4.20. The number of hydrogen-bond donors (Lipinski definition) is 0. The zero-order valence-electron chi connectivity index (χ0n) is 17.2. The van der Waals surface area contributed by atoms with E-state index in [0.29, 0.717) is 0 Å². The largest absolute Gasteiger partial charge is 0.294 e. The van der Waals surface area contributed by atoms with Crippen molar-refractivity contribution >= 4 is 32.6 Å². The molecule has 6 heteroatoms. The molecular formula is C25H20N4S2. The van der Waals surface area contributed by atoms with Crippen LogP contribution in [0.4, 0.5) is 0 Å². The van der Waals surface area contributed by atoms with Gasteiger partial charge >= 0.3 is 0 Å². The van der Waals surface area contributed by atoms with Crippen LogP contribution in [0.5, 0.6) is 0 Å². The minimum Gasteiger partial charge on any atom is -0.294 e. The topological polar surface area (TPSA) is 34.6 Å². The van der Waals surface area contributed by atoms with Gasteiger partial charge in [0, 0.05) is 40.7 Å². The molecule has 0 aliphatic heterocycles. The SMILES string of the molecule is Cc1ccc(-c2nc3sccn3c2Cc2c(-c3ccc(C)cc3)nc3sccn23)cc1. The highest BCUT2D eigenvalue weighted by Gasteiger charge is 2.21. The van der Waals surface area contributed by atoms with Gasteiger partial charge in [-0.2, -0.15) is 0 Å². The van der Waals surface area contributed by atoms with Crippen molar-refractivity contribution in [1.29, 1.82) is 0 Å². The van der Waals surface area contributed by atoms with Crippen LogP contribution in [0.1, 0.15) is 22.5 Å². The maximum atomic E-state index is 4.99. The average molecular weight is 441 g/mol. The minimum absolute atomic E-state index is 0.752. The lowest BCUT2D eigenvalue weighted by molar-refractivity contribution is 0.977. The summed E-state index contributed by atoms with van der Waals surface area (Å²) in [6.07, 6.45) is 5.00. The van der Waals surface area contributed by atoms with E-state index in [9.17, 15) is 0 Å². The fourth-order valence-corrected chi connectivity index (χ4v) is 5.51. The first-order valence-corrected chi connectivity index (χ1v) is 12.0. The van der Waals surface area contributed by atoms with E-state index in [1.54, 1.807) is 22.7 Å². The summed E-state index contributed by atoms with van der Waals surface area (Å²) in [4.78, 5) is 12.0. The molecule has 0 amide bonds. The lowest BCUT2D eigenvalue weighted by atomic mass is 10.0. The van der Waals surface area contributed by atoms with Crippen LogP contribution >= 0.6 is 22.7 Å². The number of rotatable bonds is 4. The molecule has 0 N–H and O–H groups in total. The highest BCUT2D eigenvalue weighted by Crippen LogP contribution is 2.33. The first-order chi connectivity index (χ1) is 15.2. The smallest absolute Gasteiger partial charge is 0.194 e. The predicted octanol–water partition coefficient (Wildman–Crippen LogP) is 6.65. The van der Waals surface area contributed by atoms with Gasteiger partial charge in [-0.1, -0.05) is 59.7 Å². The number of imidazole rings is 2. The first-order valence-electron chi connectivity index (χ1n) is 10.2. The highest BCUT2D eigenvalue weighted by atomic mass is 32.1. The standard InChI is InChI=1S/C25H20N4S2/c1-16-3-7-18(8-4-16)22-20(28-11-13-30-24(28)26-22)15-21-23(19-9-5-17(2)6-10-19)27-25-29(21)12-14-31-25/h3-14H,15H2,1-2H3. The van der Waals surface area contributed by atoms with Crippen molar-refractivity contribution in [2.75, 3.05) is 0 Å². The van der Waals surface area contributed by atoms with E-state index in [1.807, 2.05) is 0 Å². The van der Waals surface area contributed by atoms with E-state index in [1.165, 1.54) is 22.5 Å². The van der Waals surface area contributed by atoms with Crippen molar-refractivity contribution in [1.82, 2.24) is 18.8 Å². The van der Waals surface area contributed by atoms with Crippen molar-refractivity contribution in [3.05, 3.63) is 94.2 Å². The minimum atomic E-state index is 0.752. The maximum absolute atomic E-state index is 4.99. The molecule has 2 aromatic carbocycles. The van der Waals surface area contributed by atoms with Crippen molar-refractivity contribution in [2.45, 2.75) is 20.3 Å². The molecule has 6 aromatic rings. The van der Waals surface area contributed by atoms with Crippen molar-refractivity contribution < 1.29 is 0 Å². The summed E-state index contributed by atoms with van der Waals surface area (Å²) in [5.41, 5.74) is 9.30. The molecule has 6 rings (SSSR count). The second-order valence-electron chi connectivity index (χ2n) is 7.83. The Morgan fingerprint density at radius 3 is 1.48 bits per heavy atom. The van der Waals surface area contributed by atoms with Gasteiger partial charge in [0.2, 0.25) is 0 Å². The van der Waals surface area contributed by atoms with Crippen LogP contribution in [0, 0.1) is 13.8 Å². The molecule has 0 aliphatic carbocycles. The van der Waals surface area contributed by atoms with Crippen molar-refractivity contribution in [2.24, 2.45) is 0 Å².